The molecule has 4 heteroatoms. The molecule has 1 amide bonds. The average molecular weight is 155 g/mol. The van der Waals surface area contributed by atoms with Crippen LogP contribution in [0.1, 0.15) is 9.80 Å². The Morgan fingerprint density at radius 2 is 2.50 bits per heavy atom. The Hall–Kier alpha value is -0.900. The minimum atomic E-state index is -0.0637. The molecule has 0 fully saturated rings. The largest absolute Gasteiger partial charge is 0.343 e. The van der Waals surface area contributed by atoms with Crippen LogP contribution in [-0.2, 0) is 0 Å². The second kappa shape index (κ2) is 2.79. The molecule has 1 aromatic heterocycles. The van der Waals surface area contributed by atoms with Crippen molar-refractivity contribution in [3.8, 4) is 0 Å². The summed E-state index contributed by atoms with van der Waals surface area (Å²) in [5, 5.41) is 3.24. The van der Waals surface area contributed by atoms with Crippen molar-refractivity contribution in [2.45, 2.75) is 0 Å². The van der Waals surface area contributed by atoms with Crippen molar-refractivity contribution in [1.29, 1.82) is 0 Å². The van der Waals surface area contributed by atoms with Crippen LogP contribution >= 0.6 is 11.3 Å². The molecule has 0 aliphatic heterocycles. The first kappa shape index (κ1) is 7.21. The molecule has 0 bridgehead atoms. The van der Waals surface area contributed by atoms with Gasteiger partial charge in [-0.1, -0.05) is 0 Å². The van der Waals surface area contributed by atoms with E-state index in [4.69, 9.17) is 0 Å². The molecule has 0 atom stereocenters. The maximum atomic E-state index is 11.1. The van der Waals surface area contributed by atoms with Gasteiger partial charge in [0.2, 0.25) is 0 Å². The van der Waals surface area contributed by atoms with Gasteiger partial charge >= 0.3 is 0 Å². The molecular weight excluding hydrogens is 148 g/mol. The number of nitrogens with zero attached hydrogens (tertiary/aromatic N) is 2. The molecule has 0 aliphatic carbocycles. The highest BCUT2D eigenvalue weighted by atomic mass is 32.1. The molecule has 0 saturated heterocycles. The molecule has 0 aromatic carbocycles. The minimum Gasteiger partial charge on any atom is -0.343 e. The summed E-state index contributed by atoms with van der Waals surface area (Å²) >= 11 is 1.23. The standard InChI is InChI=1S/C6H7N2OS/c1-8(2)6(9)5-7-3-4-10-5/h3H,1-2H3. The molecule has 0 saturated carbocycles. The zero-order valence-electron chi connectivity index (χ0n) is 5.79. The third kappa shape index (κ3) is 1.33. The van der Waals surface area contributed by atoms with E-state index in [1.54, 1.807) is 14.1 Å². The molecule has 1 radical (unpaired) electrons. The van der Waals surface area contributed by atoms with Crippen LogP contribution < -0.4 is 0 Å². The number of carbonyl (C=O) groups is 1. The first-order valence-electron chi connectivity index (χ1n) is 2.75. The van der Waals surface area contributed by atoms with E-state index in [2.05, 4.69) is 10.4 Å². The highest BCUT2D eigenvalue weighted by Gasteiger charge is 2.08. The third-order valence-corrected chi connectivity index (χ3v) is 1.68. The van der Waals surface area contributed by atoms with Crippen molar-refractivity contribution in [2.24, 2.45) is 0 Å². The van der Waals surface area contributed by atoms with Gasteiger partial charge < -0.3 is 4.90 Å². The zero-order chi connectivity index (χ0) is 7.56. The fourth-order valence-electron chi connectivity index (χ4n) is 0.484. The van der Waals surface area contributed by atoms with E-state index in [0.29, 0.717) is 5.01 Å². The van der Waals surface area contributed by atoms with Crippen LogP contribution in [0.15, 0.2) is 6.20 Å². The van der Waals surface area contributed by atoms with Crippen LogP contribution in [0.25, 0.3) is 0 Å². The normalized spacial score (nSPS) is 9.40. The molecule has 0 spiro atoms. The summed E-state index contributed by atoms with van der Waals surface area (Å²) in [6.45, 7) is 0. The number of thiazole rings is 1. The Morgan fingerprint density at radius 1 is 1.80 bits per heavy atom. The Balaban J connectivity index is 2.78. The van der Waals surface area contributed by atoms with Crippen molar-refractivity contribution < 1.29 is 4.79 Å². The fraction of sp³-hybridized carbons (Fsp3) is 0.333. The SMILES string of the molecule is CN(C)C(=O)c1nc[c]s1. The van der Waals surface area contributed by atoms with Gasteiger partial charge in [-0.25, -0.2) is 4.98 Å². The van der Waals surface area contributed by atoms with E-state index >= 15 is 0 Å². The second-order valence-corrected chi connectivity index (χ2v) is 2.81. The number of hydrogen-bond donors (Lipinski definition) is 0. The van der Waals surface area contributed by atoms with E-state index in [9.17, 15) is 4.79 Å². The number of carbonyl (C=O) groups excluding carboxylic acids is 1. The summed E-state index contributed by atoms with van der Waals surface area (Å²) in [4.78, 5) is 16.4. The van der Waals surface area contributed by atoms with Gasteiger partial charge in [-0.3, -0.25) is 4.79 Å². The Labute approximate surface area is 63.3 Å². The summed E-state index contributed by atoms with van der Waals surface area (Å²) in [7, 11) is 3.40. The maximum absolute atomic E-state index is 11.1. The predicted octanol–water partition coefficient (Wildman–Crippen LogP) is 0.645. The van der Waals surface area contributed by atoms with E-state index < -0.39 is 0 Å². The molecule has 0 aliphatic rings. The van der Waals surface area contributed by atoms with E-state index in [0.717, 1.165) is 0 Å². The highest BCUT2D eigenvalue weighted by molar-refractivity contribution is 7.11. The molecular formula is C6H7N2OS. The number of aromatic nitrogens is 1. The summed E-state index contributed by atoms with van der Waals surface area (Å²) < 4.78 is 0. The number of hydrogen-bond acceptors (Lipinski definition) is 3. The molecule has 1 aromatic rings. The summed E-state index contributed by atoms with van der Waals surface area (Å²) in [5.74, 6) is -0.0637. The second-order valence-electron chi connectivity index (χ2n) is 1.98. The lowest BCUT2D eigenvalue weighted by Crippen LogP contribution is -2.21. The average Bonchev–Trinajstić information content (AvgIpc) is 2.36. The molecule has 0 N–H and O–H groups in total. The summed E-state index contributed by atoms with van der Waals surface area (Å²) in [5.41, 5.74) is 0. The Morgan fingerprint density at radius 3 is 2.90 bits per heavy atom. The van der Waals surface area contributed by atoms with E-state index in [1.165, 1.54) is 22.4 Å². The Bertz CT molecular complexity index is 218. The lowest BCUT2D eigenvalue weighted by Gasteiger charge is -2.05. The van der Waals surface area contributed by atoms with Crippen molar-refractivity contribution >= 4 is 17.2 Å². The predicted molar refractivity (Wildman–Crippen MR) is 39.0 cm³/mol. The lowest BCUT2D eigenvalue weighted by atomic mass is 10.6. The Kier molecular flexibility index (Phi) is 2.01. The first-order chi connectivity index (χ1) is 4.72. The highest BCUT2D eigenvalue weighted by Crippen LogP contribution is 2.04. The first-order valence-corrected chi connectivity index (χ1v) is 3.57. The van der Waals surface area contributed by atoms with Gasteiger partial charge in [0, 0.05) is 20.3 Å². The van der Waals surface area contributed by atoms with Gasteiger partial charge in [0.1, 0.15) is 0 Å². The van der Waals surface area contributed by atoms with Gasteiger partial charge in [-0.2, -0.15) is 0 Å². The van der Waals surface area contributed by atoms with Gasteiger partial charge in [0.25, 0.3) is 5.91 Å². The molecule has 53 valence electrons. The topological polar surface area (TPSA) is 33.2 Å². The van der Waals surface area contributed by atoms with Crippen LogP contribution in [0.3, 0.4) is 0 Å². The lowest BCUT2D eigenvalue weighted by molar-refractivity contribution is 0.0827. The van der Waals surface area contributed by atoms with E-state index in [-0.39, 0.29) is 5.91 Å². The maximum Gasteiger partial charge on any atom is 0.282 e. The summed E-state index contributed by atoms with van der Waals surface area (Å²) in [6.07, 6.45) is 1.50. The van der Waals surface area contributed by atoms with Gasteiger partial charge in [-0.05, 0) is 0 Å². The zero-order valence-corrected chi connectivity index (χ0v) is 6.60. The molecule has 10 heavy (non-hydrogen) atoms. The number of rotatable bonds is 1. The smallest absolute Gasteiger partial charge is 0.282 e. The van der Waals surface area contributed by atoms with Crippen LogP contribution in [0, 0.1) is 5.38 Å². The van der Waals surface area contributed by atoms with Crippen molar-refractivity contribution in [3.63, 3.8) is 0 Å². The van der Waals surface area contributed by atoms with Crippen LogP contribution in [-0.4, -0.2) is 29.9 Å². The van der Waals surface area contributed by atoms with Gasteiger partial charge in [0.05, 0.1) is 5.38 Å². The van der Waals surface area contributed by atoms with Gasteiger partial charge in [-0.15, -0.1) is 11.3 Å². The van der Waals surface area contributed by atoms with E-state index in [1.807, 2.05) is 0 Å². The monoisotopic (exact) mass is 155 g/mol. The fourth-order valence-corrected chi connectivity index (χ4v) is 1.08. The minimum absolute atomic E-state index is 0.0637. The van der Waals surface area contributed by atoms with Crippen LogP contribution in [0.4, 0.5) is 0 Å². The quantitative estimate of drug-likeness (QED) is 0.596. The number of amides is 1. The molecule has 1 heterocycles. The third-order valence-electron chi connectivity index (χ3n) is 0.979. The molecule has 0 unspecified atom stereocenters. The van der Waals surface area contributed by atoms with Crippen molar-refractivity contribution in [3.05, 3.63) is 16.6 Å². The van der Waals surface area contributed by atoms with Crippen LogP contribution in [0.2, 0.25) is 0 Å². The summed E-state index contributed by atoms with van der Waals surface area (Å²) in [6, 6.07) is 0. The molecule has 1 rings (SSSR count). The van der Waals surface area contributed by atoms with Gasteiger partial charge in [0.15, 0.2) is 5.01 Å². The van der Waals surface area contributed by atoms with Crippen molar-refractivity contribution in [1.82, 2.24) is 9.88 Å². The van der Waals surface area contributed by atoms with Crippen molar-refractivity contribution in [2.75, 3.05) is 14.1 Å². The molecule has 3 nitrogen and oxygen atoms in total. The van der Waals surface area contributed by atoms with Crippen LogP contribution in [0.5, 0.6) is 0 Å².